The number of halogens is 3. The van der Waals surface area contributed by atoms with Crippen LogP contribution in [0, 0.1) is 0 Å². The highest BCUT2D eigenvalue weighted by molar-refractivity contribution is 8.00. The summed E-state index contributed by atoms with van der Waals surface area (Å²) >= 11 is -0.189. The molecule has 1 heterocycles. The number of nitrogens with two attached hydrogens (primary N) is 1. The maximum absolute atomic E-state index is 11.9. The van der Waals surface area contributed by atoms with Gasteiger partial charge in [0.05, 0.1) is 21.8 Å². The van der Waals surface area contributed by atoms with Gasteiger partial charge in [-0.25, -0.2) is 4.98 Å². The number of imidazole rings is 1. The lowest BCUT2D eigenvalue weighted by Gasteiger charge is -2.03. The van der Waals surface area contributed by atoms with Gasteiger partial charge in [0.2, 0.25) is 0 Å². The average molecular weight is 309 g/mol. The van der Waals surface area contributed by atoms with Gasteiger partial charge in [-0.15, -0.1) is 0 Å². The van der Waals surface area contributed by atoms with E-state index in [4.69, 9.17) is 5.73 Å². The van der Waals surface area contributed by atoms with E-state index >= 15 is 0 Å². The fourth-order valence-electron chi connectivity index (χ4n) is 1.44. The Morgan fingerprint density at radius 2 is 2.16 bits per heavy atom. The van der Waals surface area contributed by atoms with Crippen molar-refractivity contribution in [2.45, 2.75) is 10.7 Å². The molecule has 0 fully saturated rings. The van der Waals surface area contributed by atoms with Crippen molar-refractivity contribution in [1.82, 2.24) is 9.97 Å². The van der Waals surface area contributed by atoms with Crippen molar-refractivity contribution in [2.75, 3.05) is 17.2 Å². The van der Waals surface area contributed by atoms with E-state index in [9.17, 15) is 17.4 Å². The van der Waals surface area contributed by atoms with Gasteiger partial charge in [0.1, 0.15) is 0 Å². The molecule has 2 aromatic rings. The van der Waals surface area contributed by atoms with E-state index < -0.39 is 16.3 Å². The molecule has 0 aliphatic rings. The molecular weight excluding hydrogens is 299 g/mol. The van der Waals surface area contributed by atoms with Crippen molar-refractivity contribution in [1.29, 1.82) is 0 Å². The third kappa shape index (κ3) is 3.87. The van der Waals surface area contributed by atoms with Gasteiger partial charge in [-0.2, -0.15) is 13.2 Å². The van der Waals surface area contributed by atoms with Crippen LogP contribution in [-0.4, -0.2) is 31.2 Å². The second-order valence-electron chi connectivity index (χ2n) is 3.66. The van der Waals surface area contributed by atoms with Crippen molar-refractivity contribution in [3.63, 3.8) is 0 Å². The zero-order chi connectivity index (χ0) is 14.0. The highest BCUT2D eigenvalue weighted by atomic mass is 32.2. The SMILES string of the molecule is Nc1ccc2nc(S(=O)CCSC(F)(F)F)[nH]c2c1. The Labute approximate surface area is 113 Å². The molecule has 0 spiro atoms. The van der Waals surface area contributed by atoms with Crippen molar-refractivity contribution in [3.05, 3.63) is 18.2 Å². The van der Waals surface area contributed by atoms with Crippen molar-refractivity contribution < 1.29 is 17.4 Å². The number of benzene rings is 1. The number of hydrogen-bond acceptors (Lipinski definition) is 4. The van der Waals surface area contributed by atoms with Gasteiger partial charge < -0.3 is 10.7 Å². The van der Waals surface area contributed by atoms with Crippen molar-refractivity contribution in [3.8, 4) is 0 Å². The van der Waals surface area contributed by atoms with Gasteiger partial charge in [-0.1, -0.05) is 11.8 Å². The van der Waals surface area contributed by atoms with Crippen LogP contribution >= 0.6 is 11.8 Å². The molecule has 1 aromatic carbocycles. The first-order valence-electron chi connectivity index (χ1n) is 5.19. The second kappa shape index (κ2) is 5.41. The molecule has 0 saturated carbocycles. The highest BCUT2D eigenvalue weighted by Gasteiger charge is 2.28. The number of hydrogen-bond donors (Lipinski definition) is 2. The highest BCUT2D eigenvalue weighted by Crippen LogP contribution is 2.30. The topological polar surface area (TPSA) is 71.8 Å². The number of H-pyrrole nitrogens is 1. The number of alkyl halides is 3. The number of anilines is 1. The van der Waals surface area contributed by atoms with Gasteiger partial charge >= 0.3 is 5.51 Å². The molecule has 1 atom stereocenters. The molecule has 0 amide bonds. The normalized spacial score (nSPS) is 13.8. The molecule has 19 heavy (non-hydrogen) atoms. The Balaban J connectivity index is 2.05. The van der Waals surface area contributed by atoms with Crippen LogP contribution in [0.4, 0.5) is 18.9 Å². The molecule has 0 radical (unpaired) electrons. The van der Waals surface area contributed by atoms with Crippen LogP contribution in [0.3, 0.4) is 0 Å². The second-order valence-corrected chi connectivity index (χ2v) is 6.31. The van der Waals surface area contributed by atoms with Crippen LogP contribution in [0.2, 0.25) is 0 Å². The summed E-state index contributed by atoms with van der Waals surface area (Å²) in [6.45, 7) is 0. The number of aromatic amines is 1. The van der Waals surface area contributed by atoms with Crippen molar-refractivity contribution >= 4 is 39.3 Å². The van der Waals surface area contributed by atoms with Gasteiger partial charge in [0.25, 0.3) is 0 Å². The van der Waals surface area contributed by atoms with Gasteiger partial charge in [0.15, 0.2) is 5.16 Å². The fraction of sp³-hybridized carbons (Fsp3) is 0.300. The van der Waals surface area contributed by atoms with E-state index in [0.29, 0.717) is 16.7 Å². The molecule has 0 aliphatic heterocycles. The quantitative estimate of drug-likeness (QED) is 0.851. The summed E-state index contributed by atoms with van der Waals surface area (Å²) in [5.74, 6) is -0.380. The predicted octanol–water partition coefficient (Wildman–Crippen LogP) is 2.51. The van der Waals surface area contributed by atoms with Crippen LogP contribution in [-0.2, 0) is 10.8 Å². The maximum atomic E-state index is 11.9. The number of rotatable bonds is 4. The van der Waals surface area contributed by atoms with E-state index in [1.165, 1.54) is 0 Å². The molecule has 0 saturated heterocycles. The molecule has 1 unspecified atom stereocenters. The standard InChI is InChI=1S/C10H10F3N3OS2/c11-10(12,13)18-3-4-19(17)9-15-7-2-1-6(14)5-8(7)16-9/h1-2,5H,3-4,14H2,(H,15,16). The summed E-state index contributed by atoms with van der Waals surface area (Å²) in [6, 6.07) is 4.94. The summed E-state index contributed by atoms with van der Waals surface area (Å²) in [6.07, 6.45) is 0. The summed E-state index contributed by atoms with van der Waals surface area (Å²) in [5.41, 5.74) is 3.02. The fourth-order valence-corrected chi connectivity index (χ4v) is 3.23. The zero-order valence-corrected chi connectivity index (χ0v) is 11.2. The Kier molecular flexibility index (Phi) is 4.04. The Morgan fingerprint density at radius 1 is 1.42 bits per heavy atom. The van der Waals surface area contributed by atoms with Crippen LogP contribution in [0.1, 0.15) is 0 Å². The maximum Gasteiger partial charge on any atom is 0.441 e. The lowest BCUT2D eigenvalue weighted by Crippen LogP contribution is -2.08. The Morgan fingerprint density at radius 3 is 2.84 bits per heavy atom. The van der Waals surface area contributed by atoms with Gasteiger partial charge in [-0.3, -0.25) is 4.21 Å². The minimum absolute atomic E-state index is 0.112. The molecule has 9 heteroatoms. The molecule has 2 rings (SSSR count). The van der Waals surface area contributed by atoms with Crippen LogP contribution in [0.15, 0.2) is 23.4 Å². The van der Waals surface area contributed by atoms with E-state index in [-0.39, 0.29) is 28.4 Å². The van der Waals surface area contributed by atoms with Gasteiger partial charge in [-0.05, 0) is 18.2 Å². The molecule has 0 bridgehead atoms. The number of fused-ring (bicyclic) bond motifs is 1. The van der Waals surface area contributed by atoms with Crippen LogP contribution in [0.25, 0.3) is 11.0 Å². The summed E-state index contributed by atoms with van der Waals surface area (Å²) in [5, 5.41) is 0.170. The third-order valence-electron chi connectivity index (χ3n) is 2.23. The molecular formula is C10H10F3N3OS2. The summed E-state index contributed by atoms with van der Waals surface area (Å²) in [7, 11) is -1.59. The first-order valence-corrected chi connectivity index (χ1v) is 7.50. The summed E-state index contributed by atoms with van der Waals surface area (Å²) in [4.78, 5) is 6.87. The molecule has 104 valence electrons. The molecule has 0 aliphatic carbocycles. The first-order chi connectivity index (χ1) is 8.85. The van der Waals surface area contributed by atoms with Crippen LogP contribution < -0.4 is 5.73 Å². The largest absolute Gasteiger partial charge is 0.441 e. The lowest BCUT2D eigenvalue weighted by atomic mass is 10.3. The minimum Gasteiger partial charge on any atom is -0.399 e. The number of nitrogen functional groups attached to an aromatic ring is 1. The number of aromatic nitrogens is 2. The number of nitrogens with one attached hydrogen (secondary N) is 1. The Bertz CT molecular complexity index is 612. The molecule has 1 aromatic heterocycles. The molecule has 3 N–H and O–H groups in total. The summed E-state index contributed by atoms with van der Waals surface area (Å²) < 4.78 is 47.6. The number of thioether (sulfide) groups is 1. The van der Waals surface area contributed by atoms with E-state index in [1.807, 2.05) is 0 Å². The Hall–Kier alpha value is -1.22. The van der Waals surface area contributed by atoms with Gasteiger partial charge in [0, 0.05) is 17.2 Å². The monoisotopic (exact) mass is 309 g/mol. The van der Waals surface area contributed by atoms with E-state index in [2.05, 4.69) is 9.97 Å². The van der Waals surface area contributed by atoms with Crippen molar-refractivity contribution in [2.24, 2.45) is 0 Å². The third-order valence-corrected chi connectivity index (χ3v) is 4.43. The predicted molar refractivity (Wildman–Crippen MR) is 70.3 cm³/mol. The first kappa shape index (κ1) is 14.2. The van der Waals surface area contributed by atoms with E-state index in [1.54, 1.807) is 18.2 Å². The number of nitrogens with zero attached hydrogens (tertiary/aromatic N) is 1. The molecule has 4 nitrogen and oxygen atoms in total. The smallest absolute Gasteiger partial charge is 0.399 e. The average Bonchev–Trinajstić information content (AvgIpc) is 2.70. The zero-order valence-electron chi connectivity index (χ0n) is 9.53. The van der Waals surface area contributed by atoms with Crippen LogP contribution in [0.5, 0.6) is 0 Å². The lowest BCUT2D eigenvalue weighted by molar-refractivity contribution is -0.0326. The minimum atomic E-state index is -4.30. The van der Waals surface area contributed by atoms with E-state index in [0.717, 1.165) is 0 Å².